The SMILES string of the molecule is CCc1nnc(NC(=O)c2cnc(C)cc2-c2c(OC)ccc(Cl)c2F)s1. The summed E-state index contributed by atoms with van der Waals surface area (Å²) in [4.78, 5) is 17.0. The number of hydrogen-bond acceptors (Lipinski definition) is 6. The molecule has 1 N–H and O–H groups in total. The van der Waals surface area contributed by atoms with Crippen molar-refractivity contribution in [2.45, 2.75) is 20.3 Å². The Labute approximate surface area is 164 Å². The second-order valence-corrected chi connectivity index (χ2v) is 7.09. The lowest BCUT2D eigenvalue weighted by molar-refractivity contribution is 0.102. The van der Waals surface area contributed by atoms with Gasteiger partial charge in [-0.1, -0.05) is 29.9 Å². The number of nitrogens with zero attached hydrogens (tertiary/aromatic N) is 3. The highest BCUT2D eigenvalue weighted by atomic mass is 35.5. The van der Waals surface area contributed by atoms with Crippen LogP contribution in [0.4, 0.5) is 9.52 Å². The van der Waals surface area contributed by atoms with Gasteiger partial charge in [-0.05, 0) is 31.5 Å². The molecule has 1 aromatic carbocycles. The number of carbonyl (C=O) groups excluding carboxylic acids is 1. The molecule has 6 nitrogen and oxygen atoms in total. The standard InChI is InChI=1S/C18H16ClFN4O2S/c1-4-14-23-24-18(27-14)22-17(25)11-8-21-9(2)7-10(11)15-13(26-3)6-5-12(19)16(15)20/h5-8H,4H2,1-3H3,(H,22,24,25). The van der Waals surface area contributed by atoms with Gasteiger partial charge in [0.1, 0.15) is 10.8 Å². The summed E-state index contributed by atoms with van der Waals surface area (Å²) in [6.45, 7) is 3.70. The second kappa shape index (κ2) is 7.98. The third-order valence-corrected chi connectivity index (χ3v) is 5.10. The molecule has 1 amide bonds. The van der Waals surface area contributed by atoms with E-state index in [2.05, 4.69) is 20.5 Å². The van der Waals surface area contributed by atoms with Gasteiger partial charge in [-0.15, -0.1) is 10.2 Å². The molecule has 0 aliphatic heterocycles. The minimum atomic E-state index is -0.667. The monoisotopic (exact) mass is 406 g/mol. The molecule has 0 saturated heterocycles. The number of pyridine rings is 1. The fourth-order valence-electron chi connectivity index (χ4n) is 2.51. The minimum absolute atomic E-state index is 0.0664. The highest BCUT2D eigenvalue weighted by molar-refractivity contribution is 7.15. The molecule has 0 aliphatic carbocycles. The van der Waals surface area contributed by atoms with Gasteiger partial charge < -0.3 is 4.74 Å². The summed E-state index contributed by atoms with van der Waals surface area (Å²) >= 11 is 7.23. The normalized spacial score (nSPS) is 10.7. The van der Waals surface area contributed by atoms with E-state index in [1.54, 1.807) is 19.1 Å². The smallest absolute Gasteiger partial charge is 0.259 e. The van der Waals surface area contributed by atoms with E-state index in [1.807, 2.05) is 6.92 Å². The predicted molar refractivity (Wildman–Crippen MR) is 103 cm³/mol. The molecule has 2 aromatic heterocycles. The zero-order valence-corrected chi connectivity index (χ0v) is 16.4. The first-order chi connectivity index (χ1) is 12.9. The number of rotatable bonds is 5. The molecule has 0 bridgehead atoms. The van der Waals surface area contributed by atoms with Gasteiger partial charge in [0.25, 0.3) is 5.91 Å². The number of amides is 1. The Morgan fingerprint density at radius 3 is 2.81 bits per heavy atom. The lowest BCUT2D eigenvalue weighted by Crippen LogP contribution is -2.14. The minimum Gasteiger partial charge on any atom is -0.496 e. The van der Waals surface area contributed by atoms with E-state index < -0.39 is 11.7 Å². The molecule has 0 unspecified atom stereocenters. The van der Waals surface area contributed by atoms with E-state index in [9.17, 15) is 9.18 Å². The molecule has 3 aromatic rings. The largest absolute Gasteiger partial charge is 0.496 e. The molecule has 3 rings (SSSR count). The number of halogens is 2. The summed E-state index contributed by atoms with van der Waals surface area (Å²) in [5, 5.41) is 11.7. The summed E-state index contributed by atoms with van der Waals surface area (Å²) in [6.07, 6.45) is 2.11. The molecule has 0 radical (unpaired) electrons. The van der Waals surface area contributed by atoms with Crippen molar-refractivity contribution < 1.29 is 13.9 Å². The number of ether oxygens (including phenoxy) is 1. The molecule has 0 fully saturated rings. The molecular formula is C18H16ClFN4O2S. The summed E-state index contributed by atoms with van der Waals surface area (Å²) in [5.74, 6) is -0.877. The van der Waals surface area contributed by atoms with Crippen molar-refractivity contribution >= 4 is 34.0 Å². The van der Waals surface area contributed by atoms with Crippen LogP contribution in [-0.2, 0) is 6.42 Å². The number of aryl methyl sites for hydroxylation is 2. The molecule has 9 heteroatoms. The Balaban J connectivity index is 2.09. The Morgan fingerprint density at radius 1 is 1.37 bits per heavy atom. The number of aromatic nitrogens is 3. The van der Waals surface area contributed by atoms with E-state index in [1.165, 1.54) is 30.7 Å². The average molecular weight is 407 g/mol. The van der Waals surface area contributed by atoms with E-state index in [4.69, 9.17) is 16.3 Å². The van der Waals surface area contributed by atoms with Crippen LogP contribution < -0.4 is 10.1 Å². The first-order valence-electron chi connectivity index (χ1n) is 8.07. The summed E-state index contributed by atoms with van der Waals surface area (Å²) in [7, 11) is 1.42. The maximum absolute atomic E-state index is 14.8. The quantitative estimate of drug-likeness (QED) is 0.673. The topological polar surface area (TPSA) is 77.0 Å². The zero-order chi connectivity index (χ0) is 19.6. The van der Waals surface area contributed by atoms with E-state index in [0.29, 0.717) is 16.4 Å². The number of hydrogen-bond donors (Lipinski definition) is 1. The first kappa shape index (κ1) is 19.2. The van der Waals surface area contributed by atoms with Crippen LogP contribution >= 0.6 is 22.9 Å². The van der Waals surface area contributed by atoms with E-state index in [0.717, 1.165) is 11.4 Å². The number of methoxy groups -OCH3 is 1. The Morgan fingerprint density at radius 2 is 2.15 bits per heavy atom. The van der Waals surface area contributed by atoms with Gasteiger partial charge in [0, 0.05) is 17.5 Å². The van der Waals surface area contributed by atoms with Crippen LogP contribution in [0.3, 0.4) is 0 Å². The summed E-state index contributed by atoms with van der Waals surface area (Å²) < 4.78 is 20.1. The lowest BCUT2D eigenvalue weighted by Gasteiger charge is -2.14. The van der Waals surface area contributed by atoms with Crippen LogP contribution in [0.15, 0.2) is 24.4 Å². The predicted octanol–water partition coefficient (Wildman–Crippen LogP) is 4.52. The van der Waals surface area contributed by atoms with Crippen LogP contribution in [0.25, 0.3) is 11.1 Å². The van der Waals surface area contributed by atoms with Crippen LogP contribution in [0.2, 0.25) is 5.02 Å². The van der Waals surface area contributed by atoms with Gasteiger partial charge in [0.15, 0.2) is 5.82 Å². The lowest BCUT2D eigenvalue weighted by atomic mass is 9.98. The van der Waals surface area contributed by atoms with Crippen molar-refractivity contribution in [3.05, 3.63) is 51.5 Å². The number of benzene rings is 1. The maximum atomic E-state index is 14.8. The van der Waals surface area contributed by atoms with Gasteiger partial charge in [0.2, 0.25) is 5.13 Å². The van der Waals surface area contributed by atoms with Gasteiger partial charge in [0.05, 0.1) is 23.3 Å². The highest BCUT2D eigenvalue weighted by Crippen LogP contribution is 2.38. The van der Waals surface area contributed by atoms with Crippen molar-refractivity contribution in [3.63, 3.8) is 0 Å². The number of anilines is 1. The molecule has 0 atom stereocenters. The van der Waals surface area contributed by atoms with Gasteiger partial charge in [-0.3, -0.25) is 15.1 Å². The molecule has 2 heterocycles. The molecule has 0 spiro atoms. The highest BCUT2D eigenvalue weighted by Gasteiger charge is 2.22. The Hall–Kier alpha value is -2.58. The van der Waals surface area contributed by atoms with Crippen molar-refractivity contribution in [2.24, 2.45) is 0 Å². The first-order valence-corrected chi connectivity index (χ1v) is 9.26. The maximum Gasteiger partial charge on any atom is 0.259 e. The van der Waals surface area contributed by atoms with Crippen LogP contribution in [0.5, 0.6) is 5.75 Å². The Bertz CT molecular complexity index is 1010. The Kier molecular flexibility index (Phi) is 5.67. The molecular weight excluding hydrogens is 391 g/mol. The molecule has 0 aliphatic rings. The molecule has 140 valence electrons. The van der Waals surface area contributed by atoms with Crippen molar-refractivity contribution in [2.75, 3.05) is 12.4 Å². The zero-order valence-electron chi connectivity index (χ0n) is 14.8. The van der Waals surface area contributed by atoms with Crippen LogP contribution in [0, 0.1) is 12.7 Å². The van der Waals surface area contributed by atoms with Crippen LogP contribution in [0.1, 0.15) is 28.0 Å². The number of carbonyl (C=O) groups is 1. The third-order valence-electron chi connectivity index (χ3n) is 3.82. The average Bonchev–Trinajstić information content (AvgIpc) is 3.11. The summed E-state index contributed by atoms with van der Waals surface area (Å²) in [6, 6.07) is 4.57. The van der Waals surface area contributed by atoms with E-state index >= 15 is 0 Å². The van der Waals surface area contributed by atoms with Crippen molar-refractivity contribution in [1.82, 2.24) is 15.2 Å². The van der Waals surface area contributed by atoms with Crippen molar-refractivity contribution in [1.29, 1.82) is 0 Å². The number of nitrogens with one attached hydrogen (secondary N) is 1. The third kappa shape index (κ3) is 3.91. The fourth-order valence-corrected chi connectivity index (χ4v) is 3.35. The van der Waals surface area contributed by atoms with Crippen LogP contribution in [-0.4, -0.2) is 28.2 Å². The van der Waals surface area contributed by atoms with Gasteiger partial charge in [-0.25, -0.2) is 4.39 Å². The fraction of sp³-hybridized carbons (Fsp3) is 0.222. The summed E-state index contributed by atoms with van der Waals surface area (Å²) in [5.41, 5.74) is 1.23. The molecule has 0 saturated carbocycles. The van der Waals surface area contributed by atoms with E-state index in [-0.39, 0.29) is 21.9 Å². The van der Waals surface area contributed by atoms with Gasteiger partial charge in [-0.2, -0.15) is 0 Å². The second-order valence-electron chi connectivity index (χ2n) is 5.62. The van der Waals surface area contributed by atoms with Gasteiger partial charge >= 0.3 is 0 Å². The molecule has 27 heavy (non-hydrogen) atoms. The van der Waals surface area contributed by atoms with Crippen molar-refractivity contribution in [3.8, 4) is 16.9 Å².